The summed E-state index contributed by atoms with van der Waals surface area (Å²) in [6, 6.07) is 0. The Morgan fingerprint density at radius 3 is 2.91 bits per heavy atom. The van der Waals surface area contributed by atoms with Crippen LogP contribution in [-0.2, 0) is 13.5 Å². The molecule has 1 atom stereocenters. The second kappa shape index (κ2) is 3.90. The highest BCUT2D eigenvalue weighted by molar-refractivity contribution is 9.09. The molecule has 1 aromatic heterocycles. The van der Waals surface area contributed by atoms with E-state index in [0.29, 0.717) is 4.83 Å². The van der Waals surface area contributed by atoms with Gasteiger partial charge in [-0.2, -0.15) is 0 Å². The maximum atomic E-state index is 4.23. The molecule has 0 aliphatic carbocycles. The van der Waals surface area contributed by atoms with Crippen LogP contribution in [0.5, 0.6) is 0 Å². The standard InChI is InChI=1S/C8H13BrN2/c1-7(9)3-4-8-5-11(2)6-10-8/h5-7H,3-4H2,1-2H3. The van der Waals surface area contributed by atoms with Crippen molar-refractivity contribution >= 4 is 15.9 Å². The number of hydrogen-bond acceptors (Lipinski definition) is 1. The Bertz CT molecular complexity index is 218. The molecule has 0 saturated carbocycles. The summed E-state index contributed by atoms with van der Waals surface area (Å²) in [6.07, 6.45) is 6.12. The predicted octanol–water partition coefficient (Wildman–Crippen LogP) is 2.14. The molecule has 0 spiro atoms. The monoisotopic (exact) mass is 216 g/mol. The minimum atomic E-state index is 0.588. The predicted molar refractivity (Wildman–Crippen MR) is 49.9 cm³/mol. The topological polar surface area (TPSA) is 17.8 Å². The number of nitrogens with zero attached hydrogens (tertiary/aromatic N) is 2. The third kappa shape index (κ3) is 3.06. The molecule has 0 saturated heterocycles. The Hall–Kier alpha value is -0.310. The van der Waals surface area contributed by atoms with Gasteiger partial charge in [0, 0.05) is 18.1 Å². The number of aryl methyl sites for hydroxylation is 2. The van der Waals surface area contributed by atoms with E-state index >= 15 is 0 Å². The van der Waals surface area contributed by atoms with Gasteiger partial charge in [0.15, 0.2) is 0 Å². The van der Waals surface area contributed by atoms with E-state index in [1.54, 1.807) is 0 Å². The molecule has 0 bridgehead atoms. The average molecular weight is 217 g/mol. The molecule has 2 nitrogen and oxygen atoms in total. The first-order chi connectivity index (χ1) is 5.18. The van der Waals surface area contributed by atoms with Gasteiger partial charge < -0.3 is 4.57 Å². The highest BCUT2D eigenvalue weighted by Crippen LogP contribution is 2.07. The lowest BCUT2D eigenvalue weighted by molar-refractivity contribution is 0.804. The molecule has 0 aromatic carbocycles. The zero-order valence-electron chi connectivity index (χ0n) is 6.92. The van der Waals surface area contributed by atoms with Crippen LogP contribution in [-0.4, -0.2) is 14.4 Å². The second-order valence-corrected chi connectivity index (χ2v) is 4.41. The fraction of sp³-hybridized carbons (Fsp3) is 0.625. The highest BCUT2D eigenvalue weighted by atomic mass is 79.9. The SMILES string of the molecule is CC(Br)CCc1cn(C)cn1. The maximum Gasteiger partial charge on any atom is 0.0946 e. The van der Waals surface area contributed by atoms with Crippen LogP contribution in [0.4, 0.5) is 0 Å². The lowest BCUT2D eigenvalue weighted by Gasteiger charge is -1.98. The van der Waals surface area contributed by atoms with E-state index < -0.39 is 0 Å². The molecular weight excluding hydrogens is 204 g/mol. The van der Waals surface area contributed by atoms with Gasteiger partial charge in [0.1, 0.15) is 0 Å². The molecule has 3 heteroatoms. The lowest BCUT2D eigenvalue weighted by atomic mass is 10.2. The van der Waals surface area contributed by atoms with E-state index in [1.165, 1.54) is 5.69 Å². The molecule has 1 rings (SSSR count). The van der Waals surface area contributed by atoms with Crippen molar-refractivity contribution in [3.05, 3.63) is 18.2 Å². The van der Waals surface area contributed by atoms with Crippen LogP contribution in [0.15, 0.2) is 12.5 Å². The first-order valence-electron chi connectivity index (χ1n) is 3.79. The molecule has 11 heavy (non-hydrogen) atoms. The molecule has 62 valence electrons. The Labute approximate surface area is 75.8 Å². The van der Waals surface area contributed by atoms with Gasteiger partial charge in [-0.15, -0.1) is 0 Å². The molecule has 0 radical (unpaired) electrons. The Morgan fingerprint density at radius 1 is 1.73 bits per heavy atom. The number of rotatable bonds is 3. The van der Waals surface area contributed by atoms with Crippen LogP contribution in [0.3, 0.4) is 0 Å². The second-order valence-electron chi connectivity index (χ2n) is 2.85. The Balaban J connectivity index is 2.39. The summed E-state index contributed by atoms with van der Waals surface area (Å²) in [4.78, 5) is 4.82. The summed E-state index contributed by atoms with van der Waals surface area (Å²) in [5.41, 5.74) is 1.18. The maximum absolute atomic E-state index is 4.23. The van der Waals surface area contributed by atoms with E-state index in [4.69, 9.17) is 0 Å². The average Bonchev–Trinajstić information content (AvgIpc) is 2.31. The minimum absolute atomic E-state index is 0.588. The number of imidazole rings is 1. The van der Waals surface area contributed by atoms with Gasteiger partial charge in [-0.3, -0.25) is 0 Å². The fourth-order valence-corrected chi connectivity index (χ4v) is 1.17. The van der Waals surface area contributed by atoms with Crippen LogP contribution in [0, 0.1) is 0 Å². The van der Waals surface area contributed by atoms with Crippen LogP contribution in [0.1, 0.15) is 19.0 Å². The molecule has 1 aromatic rings. The molecule has 0 fully saturated rings. The van der Waals surface area contributed by atoms with Gasteiger partial charge in [0.05, 0.1) is 12.0 Å². The minimum Gasteiger partial charge on any atom is -0.340 e. The lowest BCUT2D eigenvalue weighted by Crippen LogP contribution is -1.93. The van der Waals surface area contributed by atoms with Crippen molar-refractivity contribution in [3.8, 4) is 0 Å². The fourth-order valence-electron chi connectivity index (χ4n) is 0.943. The van der Waals surface area contributed by atoms with Gasteiger partial charge in [0.2, 0.25) is 0 Å². The van der Waals surface area contributed by atoms with Gasteiger partial charge in [-0.1, -0.05) is 22.9 Å². The molecule has 0 amide bonds. The number of aromatic nitrogens is 2. The normalized spacial score (nSPS) is 13.4. The van der Waals surface area contributed by atoms with Crippen LogP contribution in [0.2, 0.25) is 0 Å². The third-order valence-electron chi connectivity index (χ3n) is 1.56. The van der Waals surface area contributed by atoms with Crippen molar-refractivity contribution in [3.63, 3.8) is 0 Å². The summed E-state index contributed by atoms with van der Waals surface area (Å²) in [5.74, 6) is 0. The van der Waals surface area contributed by atoms with Gasteiger partial charge in [-0.05, 0) is 12.8 Å². The summed E-state index contributed by atoms with van der Waals surface area (Å²) < 4.78 is 1.98. The highest BCUT2D eigenvalue weighted by Gasteiger charge is 1.99. The zero-order valence-corrected chi connectivity index (χ0v) is 8.50. The molecular formula is C8H13BrN2. The quantitative estimate of drug-likeness (QED) is 0.709. The van der Waals surface area contributed by atoms with Crippen molar-refractivity contribution in [1.29, 1.82) is 0 Å². The first kappa shape index (κ1) is 8.78. The number of hydrogen-bond donors (Lipinski definition) is 0. The molecule has 1 unspecified atom stereocenters. The smallest absolute Gasteiger partial charge is 0.0946 e. The molecule has 1 heterocycles. The summed E-state index contributed by atoms with van der Waals surface area (Å²) in [5, 5.41) is 0. The van der Waals surface area contributed by atoms with E-state index in [0.717, 1.165) is 12.8 Å². The Morgan fingerprint density at radius 2 is 2.45 bits per heavy atom. The molecule has 0 aliphatic heterocycles. The first-order valence-corrected chi connectivity index (χ1v) is 4.71. The third-order valence-corrected chi connectivity index (χ3v) is 2.01. The van der Waals surface area contributed by atoms with Crippen LogP contribution in [0.25, 0.3) is 0 Å². The van der Waals surface area contributed by atoms with E-state index in [1.807, 2.05) is 17.9 Å². The largest absolute Gasteiger partial charge is 0.340 e. The van der Waals surface area contributed by atoms with Crippen molar-refractivity contribution < 1.29 is 0 Å². The van der Waals surface area contributed by atoms with Crippen molar-refractivity contribution in [1.82, 2.24) is 9.55 Å². The van der Waals surface area contributed by atoms with Crippen molar-refractivity contribution in [2.75, 3.05) is 0 Å². The Kier molecular flexibility index (Phi) is 3.12. The van der Waals surface area contributed by atoms with E-state index in [-0.39, 0.29) is 0 Å². The zero-order chi connectivity index (χ0) is 8.27. The van der Waals surface area contributed by atoms with Crippen LogP contribution < -0.4 is 0 Å². The van der Waals surface area contributed by atoms with Crippen LogP contribution >= 0.6 is 15.9 Å². The number of halogens is 1. The van der Waals surface area contributed by atoms with Crippen molar-refractivity contribution in [2.24, 2.45) is 7.05 Å². The summed E-state index contributed by atoms with van der Waals surface area (Å²) >= 11 is 3.50. The molecule has 0 aliphatic rings. The van der Waals surface area contributed by atoms with Gasteiger partial charge in [-0.25, -0.2) is 4.98 Å². The van der Waals surface area contributed by atoms with Gasteiger partial charge >= 0.3 is 0 Å². The van der Waals surface area contributed by atoms with Crippen molar-refractivity contribution in [2.45, 2.75) is 24.6 Å². The number of alkyl halides is 1. The van der Waals surface area contributed by atoms with E-state index in [2.05, 4.69) is 34.0 Å². The summed E-state index contributed by atoms with van der Waals surface area (Å²) in [7, 11) is 1.99. The van der Waals surface area contributed by atoms with Gasteiger partial charge in [0.25, 0.3) is 0 Å². The molecule has 0 N–H and O–H groups in total. The van der Waals surface area contributed by atoms with E-state index in [9.17, 15) is 0 Å². The summed E-state index contributed by atoms with van der Waals surface area (Å²) in [6.45, 7) is 2.16.